The highest BCUT2D eigenvalue weighted by Gasteiger charge is 2.22. The minimum Gasteiger partial charge on any atom is -0.287 e. The number of thioether (sulfide) groups is 1. The molecule has 0 bridgehead atoms. The van der Waals surface area contributed by atoms with Crippen molar-refractivity contribution in [1.29, 1.82) is 0 Å². The van der Waals surface area contributed by atoms with E-state index in [1.54, 1.807) is 0 Å². The molecule has 0 aliphatic rings. The topological polar surface area (TPSA) is 17.1 Å². The van der Waals surface area contributed by atoms with Crippen LogP contribution in [-0.2, 0) is 4.79 Å². The molecule has 1 nitrogen and oxygen atoms in total. The van der Waals surface area contributed by atoms with Gasteiger partial charge < -0.3 is 0 Å². The molecule has 0 amide bonds. The Labute approximate surface area is 171 Å². The van der Waals surface area contributed by atoms with E-state index in [1.807, 2.05) is 42.4 Å². The number of carbonyl (C=O) groups is 1. The van der Waals surface area contributed by atoms with Crippen LogP contribution in [0.15, 0.2) is 0 Å². The summed E-state index contributed by atoms with van der Waals surface area (Å²) in [7, 11) is 3.99. The van der Waals surface area contributed by atoms with Crippen molar-refractivity contribution < 1.29 is 4.79 Å². The smallest absolute Gasteiger partial charge is 0.194 e. The summed E-state index contributed by atoms with van der Waals surface area (Å²) in [4.78, 5) is 11.5. The molecule has 0 unspecified atom stereocenters. The molecule has 0 aromatic heterocycles. The third-order valence-electron chi connectivity index (χ3n) is 2.94. The maximum atomic E-state index is 11.5. The molecule has 0 spiro atoms. The molecule has 0 atom stereocenters. The molecular formula is C21H44OS3. The molecule has 0 rings (SSSR count). The van der Waals surface area contributed by atoms with Crippen LogP contribution in [0.5, 0.6) is 0 Å². The molecule has 0 aliphatic heterocycles. The Morgan fingerprint density at radius 2 is 1.08 bits per heavy atom. The van der Waals surface area contributed by atoms with Crippen molar-refractivity contribution in [2.45, 2.75) is 101 Å². The Kier molecular flexibility index (Phi) is 12.9. The van der Waals surface area contributed by atoms with Gasteiger partial charge in [-0.05, 0) is 23.7 Å². The van der Waals surface area contributed by atoms with Crippen molar-refractivity contribution in [1.82, 2.24) is 0 Å². The summed E-state index contributed by atoms with van der Waals surface area (Å²) in [5.41, 5.74) is 0.638. The third kappa shape index (κ3) is 24.7. The Balaban J connectivity index is 0. The quantitative estimate of drug-likeness (QED) is 0.335. The molecule has 0 saturated heterocycles. The molecule has 25 heavy (non-hydrogen) atoms. The second-order valence-electron chi connectivity index (χ2n) is 11.0. The second kappa shape index (κ2) is 11.5. The Morgan fingerprint density at radius 3 is 1.40 bits per heavy atom. The van der Waals surface area contributed by atoms with Crippen molar-refractivity contribution in [2.24, 2.45) is 16.2 Å². The highest BCUT2D eigenvalue weighted by atomic mass is 33.1. The van der Waals surface area contributed by atoms with Crippen LogP contribution in [0.25, 0.3) is 0 Å². The van der Waals surface area contributed by atoms with Crippen LogP contribution in [0, 0.1) is 16.2 Å². The molecule has 0 saturated carbocycles. The van der Waals surface area contributed by atoms with Gasteiger partial charge in [0.2, 0.25) is 0 Å². The highest BCUT2D eigenvalue weighted by Crippen LogP contribution is 2.36. The van der Waals surface area contributed by atoms with E-state index >= 15 is 0 Å². The molecule has 0 heterocycles. The fourth-order valence-corrected chi connectivity index (χ4v) is 5.26. The average Bonchev–Trinajstić information content (AvgIpc) is 2.30. The summed E-state index contributed by atoms with van der Waals surface area (Å²) < 4.78 is 0.405. The van der Waals surface area contributed by atoms with E-state index in [0.29, 0.717) is 20.7 Å². The maximum Gasteiger partial charge on any atom is 0.194 e. The van der Waals surface area contributed by atoms with Gasteiger partial charge in [-0.15, -0.1) is 0 Å². The van der Waals surface area contributed by atoms with Crippen LogP contribution in [0.2, 0.25) is 0 Å². The molecule has 0 aromatic carbocycles. The van der Waals surface area contributed by atoms with Gasteiger partial charge in [0.25, 0.3) is 0 Å². The summed E-state index contributed by atoms with van der Waals surface area (Å²) in [5.74, 6) is 2.21. The average molecular weight is 409 g/mol. The van der Waals surface area contributed by atoms with E-state index in [-0.39, 0.29) is 5.41 Å². The summed E-state index contributed by atoms with van der Waals surface area (Å²) in [5, 5.41) is 0.303. The minimum absolute atomic E-state index is 0.192. The minimum atomic E-state index is -0.192. The lowest BCUT2D eigenvalue weighted by Crippen LogP contribution is -2.17. The van der Waals surface area contributed by atoms with E-state index in [9.17, 15) is 4.79 Å². The Morgan fingerprint density at radius 1 is 0.680 bits per heavy atom. The van der Waals surface area contributed by atoms with Crippen LogP contribution >= 0.6 is 33.3 Å². The first kappa shape index (κ1) is 27.9. The van der Waals surface area contributed by atoms with Gasteiger partial charge in [0.15, 0.2) is 5.12 Å². The van der Waals surface area contributed by atoms with Crippen LogP contribution in [0.4, 0.5) is 0 Å². The lowest BCUT2D eigenvalue weighted by molar-refractivity contribution is -0.117. The summed E-state index contributed by atoms with van der Waals surface area (Å²) in [6, 6.07) is 0. The molecule has 0 aromatic rings. The lowest BCUT2D eigenvalue weighted by Gasteiger charge is -2.20. The lowest BCUT2D eigenvalue weighted by atomic mass is 9.94. The standard InChI is InChI=1S/C11H22OS.C10H22S2/c1-10(2,3)7-8-13-9(12)11(4,5)6;1-9(2,3)7-8-11-12-10(4,5)6/h7-8H2,1-6H3;7-8H2,1-6H3. The predicted octanol–water partition coefficient (Wildman–Crippen LogP) is 8.33. The van der Waals surface area contributed by atoms with Crippen LogP contribution < -0.4 is 0 Å². The number of carbonyl (C=O) groups excluding carboxylic acids is 1. The molecular weight excluding hydrogens is 364 g/mol. The van der Waals surface area contributed by atoms with Gasteiger partial charge in [0.05, 0.1) is 0 Å². The fourth-order valence-electron chi connectivity index (χ4n) is 1.23. The van der Waals surface area contributed by atoms with Gasteiger partial charge in [-0.2, -0.15) is 0 Å². The maximum absolute atomic E-state index is 11.5. The Bertz CT molecular complexity index is 347. The van der Waals surface area contributed by atoms with Gasteiger partial charge in [-0.25, -0.2) is 0 Å². The van der Waals surface area contributed by atoms with Gasteiger partial charge in [0.1, 0.15) is 0 Å². The molecule has 4 heteroatoms. The number of hydrogen-bond acceptors (Lipinski definition) is 4. The van der Waals surface area contributed by atoms with Crippen molar-refractivity contribution in [3.63, 3.8) is 0 Å². The zero-order valence-electron chi connectivity index (χ0n) is 19.0. The first-order valence-corrected chi connectivity index (χ1v) is 12.6. The van der Waals surface area contributed by atoms with Crippen molar-refractivity contribution in [3.05, 3.63) is 0 Å². The third-order valence-corrected chi connectivity index (χ3v) is 7.57. The van der Waals surface area contributed by atoms with Crippen LogP contribution in [-0.4, -0.2) is 21.4 Å². The van der Waals surface area contributed by atoms with E-state index in [1.165, 1.54) is 23.9 Å². The SMILES string of the molecule is CC(C)(C)CCSC(=O)C(C)(C)C.CC(C)(C)CCSSC(C)(C)C. The van der Waals surface area contributed by atoms with Crippen LogP contribution in [0.1, 0.15) is 95.9 Å². The first-order valence-electron chi connectivity index (χ1n) is 9.31. The van der Waals surface area contributed by atoms with Gasteiger partial charge in [0, 0.05) is 21.7 Å². The van der Waals surface area contributed by atoms with Crippen LogP contribution in [0.3, 0.4) is 0 Å². The largest absolute Gasteiger partial charge is 0.287 e. The number of rotatable bonds is 5. The van der Waals surface area contributed by atoms with Gasteiger partial charge >= 0.3 is 0 Å². The molecule has 0 N–H and O–H groups in total. The molecule has 152 valence electrons. The van der Waals surface area contributed by atoms with E-state index in [0.717, 1.165) is 12.2 Å². The number of hydrogen-bond donors (Lipinski definition) is 0. The van der Waals surface area contributed by atoms with E-state index in [2.05, 4.69) is 62.3 Å². The van der Waals surface area contributed by atoms with Gasteiger partial charge in [-0.3, -0.25) is 4.79 Å². The second-order valence-corrected chi connectivity index (χ2v) is 15.3. The molecule has 0 fully saturated rings. The molecule has 0 aliphatic carbocycles. The van der Waals surface area contributed by atoms with Crippen molar-refractivity contribution in [2.75, 3.05) is 11.5 Å². The zero-order valence-corrected chi connectivity index (χ0v) is 21.4. The Hall–Kier alpha value is 0.720. The predicted molar refractivity (Wildman–Crippen MR) is 125 cm³/mol. The summed E-state index contributed by atoms with van der Waals surface area (Å²) >= 11 is 1.47. The van der Waals surface area contributed by atoms with Gasteiger partial charge in [-0.1, -0.05) is 116 Å². The summed E-state index contributed by atoms with van der Waals surface area (Å²) in [6.07, 6.45) is 2.40. The van der Waals surface area contributed by atoms with Crippen molar-refractivity contribution >= 4 is 38.5 Å². The highest BCUT2D eigenvalue weighted by molar-refractivity contribution is 8.77. The monoisotopic (exact) mass is 408 g/mol. The van der Waals surface area contributed by atoms with E-state index in [4.69, 9.17) is 0 Å². The fraction of sp³-hybridized carbons (Fsp3) is 0.952. The zero-order chi connectivity index (χ0) is 20.5. The normalized spacial score (nSPS) is 13.3. The van der Waals surface area contributed by atoms with Crippen molar-refractivity contribution in [3.8, 4) is 0 Å². The first-order chi connectivity index (χ1) is 10.8. The summed E-state index contributed by atoms with van der Waals surface area (Å²) in [6.45, 7) is 26.2. The molecule has 0 radical (unpaired) electrons. The van der Waals surface area contributed by atoms with E-state index < -0.39 is 0 Å².